The third kappa shape index (κ3) is 6.28. The maximum atomic E-state index is 14.1. The molecule has 3 aromatic carbocycles. The molecule has 5 aromatic rings. The summed E-state index contributed by atoms with van der Waals surface area (Å²) in [5, 5.41) is 4.96. The summed E-state index contributed by atoms with van der Waals surface area (Å²) in [7, 11) is 1.23. The van der Waals surface area contributed by atoms with Crippen molar-refractivity contribution in [2.45, 2.75) is 69.5 Å². The van der Waals surface area contributed by atoms with Crippen molar-refractivity contribution in [2.24, 2.45) is 5.92 Å². The first-order chi connectivity index (χ1) is 23.2. The highest BCUT2D eigenvalue weighted by molar-refractivity contribution is 5.90. The molecule has 1 saturated heterocycles. The Balaban J connectivity index is 1.08. The average molecular weight is 653 g/mol. The highest BCUT2D eigenvalue weighted by atomic mass is 19.3. The minimum absolute atomic E-state index is 0.110. The third-order valence-corrected chi connectivity index (χ3v) is 9.97. The van der Waals surface area contributed by atoms with E-state index < -0.39 is 24.0 Å². The highest BCUT2D eigenvalue weighted by Gasteiger charge is 2.45. The van der Waals surface area contributed by atoms with Gasteiger partial charge in [-0.05, 0) is 78.1 Å². The second kappa shape index (κ2) is 12.9. The number of alkyl carbamates (subject to hydrolysis) is 1. The summed E-state index contributed by atoms with van der Waals surface area (Å²) in [6.45, 7) is 1.97. The Hall–Kier alpha value is -5.06. The smallest absolute Gasteiger partial charge is 0.407 e. The number of ether oxygens (including phenoxy) is 1. The van der Waals surface area contributed by atoms with Crippen LogP contribution < -0.4 is 5.32 Å². The predicted octanol–water partition coefficient (Wildman–Crippen LogP) is 7.89. The molecule has 3 atom stereocenters. The van der Waals surface area contributed by atoms with Crippen LogP contribution in [-0.4, -0.2) is 62.0 Å². The van der Waals surface area contributed by atoms with Crippen molar-refractivity contribution in [1.29, 1.82) is 0 Å². The maximum absolute atomic E-state index is 14.1. The van der Waals surface area contributed by atoms with E-state index in [1.165, 1.54) is 7.11 Å². The Labute approximate surface area is 277 Å². The van der Waals surface area contributed by atoms with Gasteiger partial charge in [-0.3, -0.25) is 4.79 Å². The number of nitrogens with one attached hydrogen (secondary N) is 3. The van der Waals surface area contributed by atoms with Gasteiger partial charge in [-0.25, -0.2) is 23.5 Å². The number of likely N-dealkylation sites (tertiary alicyclic amines) is 1. The van der Waals surface area contributed by atoms with Crippen molar-refractivity contribution in [3.63, 3.8) is 0 Å². The lowest BCUT2D eigenvalue weighted by molar-refractivity contribution is -0.139. The Morgan fingerprint density at radius 1 is 0.896 bits per heavy atom. The van der Waals surface area contributed by atoms with Gasteiger partial charge in [-0.1, -0.05) is 48.5 Å². The zero-order valence-corrected chi connectivity index (χ0v) is 26.9. The lowest BCUT2D eigenvalue weighted by Gasteiger charge is -2.37. The molecular weight excluding hydrogens is 614 g/mol. The van der Waals surface area contributed by atoms with Crippen LogP contribution in [0, 0.1) is 5.92 Å². The molecule has 1 saturated carbocycles. The third-order valence-electron chi connectivity index (χ3n) is 9.97. The van der Waals surface area contributed by atoms with Crippen LogP contribution in [0.1, 0.15) is 57.3 Å². The molecule has 248 valence electrons. The fourth-order valence-electron chi connectivity index (χ4n) is 7.25. The number of halogens is 2. The molecule has 3 heterocycles. The first kappa shape index (κ1) is 31.5. The lowest BCUT2D eigenvalue weighted by Crippen LogP contribution is -2.54. The number of carbonyl (C=O) groups is 2. The van der Waals surface area contributed by atoms with Gasteiger partial charge in [0.05, 0.1) is 43.3 Å². The Morgan fingerprint density at radius 3 is 2.25 bits per heavy atom. The zero-order chi connectivity index (χ0) is 33.4. The van der Waals surface area contributed by atoms with E-state index >= 15 is 0 Å². The normalized spacial score (nSPS) is 20.1. The van der Waals surface area contributed by atoms with Crippen molar-refractivity contribution < 1.29 is 23.1 Å². The molecule has 1 aliphatic carbocycles. The number of imidazole rings is 2. The average Bonchev–Trinajstić information content (AvgIpc) is 3.89. The molecule has 2 amide bonds. The van der Waals surface area contributed by atoms with Crippen molar-refractivity contribution >= 4 is 22.8 Å². The van der Waals surface area contributed by atoms with Crippen LogP contribution in [0.5, 0.6) is 0 Å². The number of aromatic amines is 2. The SMILES string of the molecule is COC(=O)N[C@H](C(=O)N1[C@@H](C)CC[C@H]1c1ncc(-c2ccc(-c3ccc4cc(-c5cnc[nH]5)ccc4c3)cc2)[nH]1)C1CCC(F)(F)CC1. The molecule has 2 aliphatic rings. The first-order valence-electron chi connectivity index (χ1n) is 16.4. The van der Waals surface area contributed by atoms with Crippen LogP contribution in [-0.2, 0) is 9.53 Å². The van der Waals surface area contributed by atoms with E-state index in [1.54, 1.807) is 17.4 Å². The number of alkyl halides is 2. The van der Waals surface area contributed by atoms with Gasteiger partial charge in [0.2, 0.25) is 11.8 Å². The van der Waals surface area contributed by atoms with E-state index in [9.17, 15) is 18.4 Å². The molecule has 2 fully saturated rings. The second-order valence-electron chi connectivity index (χ2n) is 13.0. The van der Waals surface area contributed by atoms with E-state index in [1.807, 2.05) is 25.3 Å². The number of fused-ring (bicyclic) bond motifs is 1. The number of hydrogen-bond donors (Lipinski definition) is 3. The summed E-state index contributed by atoms with van der Waals surface area (Å²) in [6, 6.07) is 19.7. The second-order valence-corrected chi connectivity index (χ2v) is 13.0. The van der Waals surface area contributed by atoms with Gasteiger partial charge in [-0.15, -0.1) is 0 Å². The lowest BCUT2D eigenvalue weighted by atomic mass is 9.81. The number of carbonyl (C=O) groups excluding carboxylic acids is 2. The fraction of sp³-hybridized carbons (Fsp3) is 0.351. The molecule has 11 heteroatoms. The van der Waals surface area contributed by atoms with Gasteiger partial charge < -0.3 is 24.9 Å². The summed E-state index contributed by atoms with van der Waals surface area (Å²) in [6.07, 6.45) is 5.64. The molecule has 2 aromatic heterocycles. The standard InChI is InChI=1S/C37H38F2N6O3/c1-22-3-12-32(45(22)35(46)33(44-36(47)48-2)25-13-15-37(38,39)16-14-25)34-41-20-31(43-34)24-6-4-23(5-7-24)26-8-9-28-18-29(11-10-27(28)17-26)30-19-40-21-42-30/h4-11,17-22,25,32-33H,3,12-16H2,1-2H3,(H,40,42)(H,41,43)(H,44,47)/t22-,32-,33-/m0/s1. The summed E-state index contributed by atoms with van der Waals surface area (Å²) in [5.74, 6) is -2.79. The summed E-state index contributed by atoms with van der Waals surface area (Å²) in [4.78, 5) is 43.5. The van der Waals surface area contributed by atoms with E-state index in [2.05, 4.69) is 73.8 Å². The zero-order valence-electron chi connectivity index (χ0n) is 26.9. The van der Waals surface area contributed by atoms with E-state index in [0.717, 1.165) is 50.8 Å². The molecule has 0 bridgehead atoms. The number of nitrogens with zero attached hydrogens (tertiary/aromatic N) is 3. The number of methoxy groups -OCH3 is 1. The molecule has 0 radical (unpaired) electrons. The van der Waals surface area contributed by atoms with E-state index in [-0.39, 0.29) is 43.7 Å². The monoisotopic (exact) mass is 652 g/mol. The van der Waals surface area contributed by atoms with Crippen molar-refractivity contribution in [3.8, 4) is 33.6 Å². The largest absolute Gasteiger partial charge is 0.453 e. The highest BCUT2D eigenvalue weighted by Crippen LogP contribution is 2.41. The molecule has 48 heavy (non-hydrogen) atoms. The number of H-pyrrole nitrogens is 2. The minimum atomic E-state index is -2.75. The van der Waals surface area contributed by atoms with Gasteiger partial charge in [-0.2, -0.15) is 0 Å². The van der Waals surface area contributed by atoms with Crippen LogP contribution in [0.15, 0.2) is 79.4 Å². The van der Waals surface area contributed by atoms with Crippen LogP contribution in [0.2, 0.25) is 0 Å². The molecule has 9 nitrogen and oxygen atoms in total. The number of rotatable bonds is 7. The topological polar surface area (TPSA) is 116 Å². The molecule has 1 aliphatic heterocycles. The maximum Gasteiger partial charge on any atom is 0.407 e. The van der Waals surface area contributed by atoms with E-state index in [4.69, 9.17) is 4.74 Å². The number of benzene rings is 3. The summed E-state index contributed by atoms with van der Waals surface area (Å²) in [5.41, 5.74) is 6.05. The first-order valence-corrected chi connectivity index (χ1v) is 16.4. The van der Waals surface area contributed by atoms with Gasteiger partial charge >= 0.3 is 6.09 Å². The molecule has 3 N–H and O–H groups in total. The van der Waals surface area contributed by atoms with Gasteiger partial charge in [0.15, 0.2) is 0 Å². The number of amides is 2. The quantitative estimate of drug-likeness (QED) is 0.165. The van der Waals surface area contributed by atoms with Gasteiger partial charge in [0.25, 0.3) is 0 Å². The fourth-order valence-corrected chi connectivity index (χ4v) is 7.25. The minimum Gasteiger partial charge on any atom is -0.453 e. The molecule has 7 rings (SSSR count). The van der Waals surface area contributed by atoms with Crippen molar-refractivity contribution in [2.75, 3.05) is 7.11 Å². The predicted molar refractivity (Wildman–Crippen MR) is 179 cm³/mol. The molecule has 0 spiro atoms. The summed E-state index contributed by atoms with van der Waals surface area (Å²) >= 11 is 0. The number of aromatic nitrogens is 4. The van der Waals surface area contributed by atoms with Crippen LogP contribution in [0.4, 0.5) is 13.6 Å². The number of hydrogen-bond acceptors (Lipinski definition) is 5. The van der Waals surface area contributed by atoms with Gasteiger partial charge in [0, 0.05) is 24.4 Å². The molecule has 0 unspecified atom stereocenters. The van der Waals surface area contributed by atoms with Gasteiger partial charge in [0.1, 0.15) is 11.9 Å². The van der Waals surface area contributed by atoms with Crippen LogP contribution in [0.25, 0.3) is 44.4 Å². The van der Waals surface area contributed by atoms with Crippen LogP contribution in [0.3, 0.4) is 0 Å². The Bertz CT molecular complexity index is 1910. The Morgan fingerprint density at radius 2 is 1.56 bits per heavy atom. The Kier molecular flexibility index (Phi) is 8.45. The van der Waals surface area contributed by atoms with Crippen molar-refractivity contribution in [3.05, 3.63) is 85.2 Å². The molecular formula is C37H38F2N6O3. The summed E-state index contributed by atoms with van der Waals surface area (Å²) < 4.78 is 32.7. The van der Waals surface area contributed by atoms with E-state index in [0.29, 0.717) is 12.2 Å². The van der Waals surface area contributed by atoms with Crippen LogP contribution >= 0.6 is 0 Å². The van der Waals surface area contributed by atoms with Crippen molar-refractivity contribution in [1.82, 2.24) is 30.2 Å².